The fraction of sp³-hybridized carbons (Fsp3) is 0.547. The molecule has 3 aliphatic heterocycles. The van der Waals surface area contributed by atoms with Gasteiger partial charge in [-0.05, 0) is 99.7 Å². The van der Waals surface area contributed by atoms with Gasteiger partial charge in [-0.15, -0.1) is 0 Å². The summed E-state index contributed by atoms with van der Waals surface area (Å²) in [6.45, 7) is 9.98. The first kappa shape index (κ1) is 51.4. The predicted molar refractivity (Wildman–Crippen MR) is 259 cm³/mol. The van der Waals surface area contributed by atoms with Crippen LogP contribution in [0.5, 0.6) is 0 Å². The molecule has 0 bridgehead atoms. The highest BCUT2D eigenvalue weighted by Gasteiger charge is 2.37. The first-order valence-corrected chi connectivity index (χ1v) is 25.0. The maximum atomic E-state index is 14.7. The number of nitrogens with zero attached hydrogens (tertiary/aromatic N) is 5. The second-order valence-corrected chi connectivity index (χ2v) is 20.8. The highest BCUT2D eigenvalue weighted by molar-refractivity contribution is 6.30. The number of aliphatic carboxylic acids is 1. The Bertz CT molecular complexity index is 2330. The Kier molecular flexibility index (Phi) is 17.5. The van der Waals surface area contributed by atoms with E-state index in [0.717, 1.165) is 106 Å². The van der Waals surface area contributed by atoms with Gasteiger partial charge in [0.15, 0.2) is 6.54 Å². The maximum absolute atomic E-state index is 14.7. The standard InChI is InChI=1S/C53H67ClF2N6O7/c1-53(2,3)69-52(68)62(33-42-16-19-44(55)30-46(42)56)35-47(63)61-22-8-13-41(32-61)39-11-7-12-40(29-39)49(64)57-48(38-9-5-4-6-10-38)50(65)60-27-25-59(26-28-60)31-36-20-23-58(24-21-36)34-45(51(66)67)37-14-17-43(54)18-15-37/h7,11-12,14-19,23,29-30,36,38,41,45,48H,4-6,8-10,13,20-22,24-28,31-35H2,1-3H3,(H-,57,64,66,67)/p+1/t36?,41?,45?,48-/m1/s1. The average molecular weight is 975 g/mol. The van der Waals surface area contributed by atoms with Crippen LogP contribution < -0.4 is 5.32 Å². The molecule has 1 saturated carbocycles. The maximum Gasteiger partial charge on any atom is 0.411 e. The van der Waals surface area contributed by atoms with Crippen LogP contribution in [0.25, 0.3) is 0 Å². The summed E-state index contributed by atoms with van der Waals surface area (Å²) in [7, 11) is 0. The Morgan fingerprint density at radius 1 is 0.884 bits per heavy atom. The van der Waals surface area contributed by atoms with E-state index in [0.29, 0.717) is 55.6 Å². The van der Waals surface area contributed by atoms with Crippen molar-refractivity contribution in [1.29, 1.82) is 0 Å². The van der Waals surface area contributed by atoms with Gasteiger partial charge in [0.25, 0.3) is 5.91 Å². The Labute approximate surface area is 409 Å². The number of benzene rings is 3. The molecule has 0 radical (unpaired) electrons. The highest BCUT2D eigenvalue weighted by atomic mass is 35.5. The third-order valence-corrected chi connectivity index (χ3v) is 14.4. The molecule has 0 spiro atoms. The number of piperidine rings is 1. The predicted octanol–water partition coefficient (Wildman–Crippen LogP) is 7.95. The van der Waals surface area contributed by atoms with E-state index in [4.69, 9.17) is 16.3 Å². The Morgan fingerprint density at radius 2 is 1.62 bits per heavy atom. The van der Waals surface area contributed by atoms with Gasteiger partial charge in [0.1, 0.15) is 48.5 Å². The van der Waals surface area contributed by atoms with Crippen molar-refractivity contribution in [1.82, 2.24) is 24.9 Å². The van der Waals surface area contributed by atoms with Gasteiger partial charge in [-0.25, -0.2) is 18.2 Å². The Balaban J connectivity index is 0.937. The molecule has 1 aliphatic carbocycles. The molecule has 3 unspecified atom stereocenters. The monoisotopic (exact) mass is 973 g/mol. The molecular weight excluding hydrogens is 906 g/mol. The number of hydrogen-bond donors (Lipinski definition) is 2. The molecule has 3 fully saturated rings. The van der Waals surface area contributed by atoms with Crippen LogP contribution in [0.2, 0.25) is 5.02 Å². The summed E-state index contributed by atoms with van der Waals surface area (Å²) in [5.41, 5.74) is 1.25. The number of piperazine rings is 1. The number of nitrogens with one attached hydrogen (secondary N) is 1. The lowest BCUT2D eigenvalue weighted by Gasteiger charge is -2.39. The zero-order valence-electron chi connectivity index (χ0n) is 40.2. The van der Waals surface area contributed by atoms with Crippen LogP contribution in [0.15, 0.2) is 66.7 Å². The Hall–Kier alpha value is -5.41. The van der Waals surface area contributed by atoms with Gasteiger partial charge in [-0.2, -0.15) is 0 Å². The van der Waals surface area contributed by atoms with Crippen molar-refractivity contribution in [3.05, 3.63) is 106 Å². The minimum absolute atomic E-state index is 0.0367. The quantitative estimate of drug-likeness (QED) is 0.146. The molecule has 2 N–H and O–H groups in total. The molecule has 16 heteroatoms. The molecular formula is C53H68ClF2N6O7+. The average Bonchev–Trinajstić information content (AvgIpc) is 3.33. The molecule has 13 nitrogen and oxygen atoms in total. The van der Waals surface area contributed by atoms with E-state index in [1.807, 2.05) is 23.1 Å². The zero-order valence-corrected chi connectivity index (χ0v) is 41.0. The number of carboxylic acid groups (broad SMARTS) is 1. The smallest absolute Gasteiger partial charge is 0.411 e. The van der Waals surface area contributed by atoms with E-state index < -0.39 is 41.3 Å². The van der Waals surface area contributed by atoms with E-state index in [9.17, 15) is 37.9 Å². The summed E-state index contributed by atoms with van der Waals surface area (Å²) in [4.78, 5) is 75.0. The summed E-state index contributed by atoms with van der Waals surface area (Å²) in [6.07, 6.45) is 9.50. The summed E-state index contributed by atoms with van der Waals surface area (Å²) < 4.78 is 36.1. The van der Waals surface area contributed by atoms with E-state index in [2.05, 4.69) is 21.0 Å². The molecule has 4 aliphatic rings. The van der Waals surface area contributed by atoms with Gasteiger partial charge in [-0.3, -0.25) is 29.0 Å². The normalized spacial score (nSPS) is 20.3. The fourth-order valence-electron chi connectivity index (χ4n) is 10.3. The van der Waals surface area contributed by atoms with Crippen LogP contribution in [-0.4, -0.2) is 142 Å². The van der Waals surface area contributed by atoms with Crippen LogP contribution in [0.4, 0.5) is 13.6 Å². The van der Waals surface area contributed by atoms with Gasteiger partial charge in [0.05, 0.1) is 6.54 Å². The van der Waals surface area contributed by atoms with E-state index >= 15 is 0 Å². The van der Waals surface area contributed by atoms with Gasteiger partial charge in [-0.1, -0.05) is 61.2 Å². The van der Waals surface area contributed by atoms with Gasteiger partial charge in [0, 0.05) is 86.8 Å². The molecule has 3 aromatic rings. The number of carboxylic acids is 1. The molecule has 0 aromatic heterocycles. The SMILES string of the molecule is CC(C)(C)OC(=O)N(CC(=O)N1CCCC(c2cccc(C(=O)N[C@@H](C(=O)N3CCN(CC4CC=[N+](CC(C(=O)O)c5ccc(Cl)cc5)CC4)CC3)C3CCCCC3)c2)C1)Cc1ccc(F)cc1F. The van der Waals surface area contributed by atoms with E-state index in [1.54, 1.807) is 56.0 Å². The second-order valence-electron chi connectivity index (χ2n) is 20.4. The molecule has 372 valence electrons. The van der Waals surface area contributed by atoms with Crippen LogP contribution in [0.3, 0.4) is 0 Å². The fourth-order valence-corrected chi connectivity index (χ4v) is 10.4. The molecule has 3 heterocycles. The number of hydrogen-bond acceptors (Lipinski definition) is 7. The molecule has 4 amide bonds. The number of likely N-dealkylation sites (tertiary alicyclic amines) is 1. The number of ether oxygens (including phenoxy) is 1. The van der Waals surface area contributed by atoms with Crippen molar-refractivity contribution in [2.24, 2.45) is 11.8 Å². The van der Waals surface area contributed by atoms with E-state index in [1.165, 1.54) is 6.07 Å². The molecule has 69 heavy (non-hydrogen) atoms. The van der Waals surface area contributed by atoms with Gasteiger partial charge < -0.3 is 25.0 Å². The minimum atomic E-state index is -0.869. The van der Waals surface area contributed by atoms with Crippen LogP contribution >= 0.6 is 11.6 Å². The van der Waals surface area contributed by atoms with Crippen molar-refractivity contribution in [3.8, 4) is 0 Å². The number of carbonyl (C=O) groups excluding carboxylic acids is 4. The largest absolute Gasteiger partial charge is 0.481 e. The molecule has 4 atom stereocenters. The Morgan fingerprint density at radius 3 is 2.29 bits per heavy atom. The van der Waals surface area contributed by atoms with Gasteiger partial charge in [0.2, 0.25) is 11.8 Å². The number of halogens is 3. The van der Waals surface area contributed by atoms with Crippen LogP contribution in [0, 0.1) is 23.5 Å². The van der Waals surface area contributed by atoms with Crippen molar-refractivity contribution in [3.63, 3.8) is 0 Å². The van der Waals surface area contributed by atoms with Gasteiger partial charge >= 0.3 is 12.1 Å². The summed E-state index contributed by atoms with van der Waals surface area (Å²) in [5, 5.41) is 13.7. The first-order chi connectivity index (χ1) is 33.0. The van der Waals surface area contributed by atoms with Crippen molar-refractivity contribution in [2.45, 2.75) is 109 Å². The third-order valence-electron chi connectivity index (χ3n) is 14.1. The summed E-state index contributed by atoms with van der Waals surface area (Å²) in [6, 6.07) is 16.9. The number of amides is 4. The molecule has 2 saturated heterocycles. The van der Waals surface area contributed by atoms with Crippen molar-refractivity contribution < 1.29 is 47.2 Å². The third kappa shape index (κ3) is 14.3. The minimum Gasteiger partial charge on any atom is -0.481 e. The number of rotatable bonds is 15. The molecule has 7 rings (SSSR count). The summed E-state index contributed by atoms with van der Waals surface area (Å²) in [5.74, 6) is -3.38. The lowest BCUT2D eigenvalue weighted by Crippen LogP contribution is -2.57. The van der Waals surface area contributed by atoms with Crippen LogP contribution in [-0.2, 0) is 25.7 Å². The lowest BCUT2D eigenvalue weighted by molar-refractivity contribution is -0.531. The zero-order chi connectivity index (χ0) is 49.2. The summed E-state index contributed by atoms with van der Waals surface area (Å²) >= 11 is 6.04. The number of carbonyl (C=O) groups is 5. The second kappa shape index (κ2) is 23.5. The van der Waals surface area contributed by atoms with E-state index in [-0.39, 0.29) is 48.2 Å². The van der Waals surface area contributed by atoms with Crippen molar-refractivity contribution in [2.75, 3.05) is 65.4 Å². The first-order valence-electron chi connectivity index (χ1n) is 24.7. The topological polar surface area (TPSA) is 143 Å². The van der Waals surface area contributed by atoms with Crippen LogP contribution in [0.1, 0.15) is 117 Å². The molecule has 3 aromatic carbocycles. The lowest BCUT2D eigenvalue weighted by atomic mass is 9.83. The highest BCUT2D eigenvalue weighted by Crippen LogP contribution is 2.31. The van der Waals surface area contributed by atoms with Crippen molar-refractivity contribution >= 4 is 47.6 Å².